The first kappa shape index (κ1) is 24.6. The van der Waals surface area contributed by atoms with Crippen molar-refractivity contribution in [3.05, 3.63) is 53.6 Å². The number of carbonyl (C=O) groups excluding carboxylic acids is 1. The lowest BCUT2D eigenvalue weighted by Crippen LogP contribution is -2.44. The zero-order chi connectivity index (χ0) is 25.1. The normalized spacial score (nSPS) is 24.7. The van der Waals surface area contributed by atoms with Crippen LogP contribution in [-0.2, 0) is 4.74 Å². The molecule has 3 saturated heterocycles. The number of nitriles is 1. The van der Waals surface area contributed by atoms with Crippen LogP contribution in [0.5, 0.6) is 5.75 Å². The monoisotopic (exact) mass is 487 g/mol. The Morgan fingerprint density at radius 3 is 2.28 bits per heavy atom. The van der Waals surface area contributed by atoms with Crippen molar-refractivity contribution < 1.29 is 14.3 Å². The average molecular weight is 488 g/mol. The molecule has 2 bridgehead atoms. The number of amides is 1. The largest absolute Gasteiger partial charge is 0.496 e. The van der Waals surface area contributed by atoms with Gasteiger partial charge in [-0.3, -0.25) is 0 Å². The number of rotatable bonds is 5. The standard InChI is InChI=1S/C30H37N3O3/c1-3-36-30(34)33-25-9-11-26(19-27(33)12-10-25)32-16-14-23(15-17-32)28-18-24(8-13-29(28)35-2)22-6-4-21(20-31)5-7-22/h4-8,13,18,23,25-27H,3,9-12,14-17,19H2,1-2H3. The van der Waals surface area contributed by atoms with Crippen molar-refractivity contribution in [2.75, 3.05) is 26.8 Å². The number of likely N-dealkylation sites (tertiary alicyclic amines) is 1. The average Bonchev–Trinajstić information content (AvgIpc) is 3.22. The van der Waals surface area contributed by atoms with Crippen molar-refractivity contribution in [3.8, 4) is 22.9 Å². The van der Waals surface area contributed by atoms with E-state index in [1.807, 2.05) is 31.2 Å². The molecule has 36 heavy (non-hydrogen) atoms. The maximum Gasteiger partial charge on any atom is 0.410 e. The van der Waals surface area contributed by atoms with Gasteiger partial charge in [0.15, 0.2) is 0 Å². The van der Waals surface area contributed by atoms with Crippen LogP contribution in [0.25, 0.3) is 11.1 Å². The number of piperidine rings is 1. The molecule has 5 rings (SSSR count). The summed E-state index contributed by atoms with van der Waals surface area (Å²) in [6, 6.07) is 17.7. The van der Waals surface area contributed by atoms with Gasteiger partial charge in [0, 0.05) is 18.1 Å². The molecular weight excluding hydrogens is 450 g/mol. The van der Waals surface area contributed by atoms with Gasteiger partial charge in [-0.2, -0.15) is 5.26 Å². The number of hydrogen-bond acceptors (Lipinski definition) is 5. The molecule has 2 aromatic rings. The fraction of sp³-hybridized carbons (Fsp3) is 0.533. The minimum Gasteiger partial charge on any atom is -0.496 e. The quantitative estimate of drug-likeness (QED) is 0.521. The fourth-order valence-corrected chi connectivity index (χ4v) is 6.67. The zero-order valence-corrected chi connectivity index (χ0v) is 21.5. The number of nitrogens with zero attached hydrogens (tertiary/aromatic N) is 3. The highest BCUT2D eigenvalue weighted by Gasteiger charge is 2.43. The number of carbonyl (C=O) groups is 1. The molecule has 6 nitrogen and oxygen atoms in total. The predicted molar refractivity (Wildman–Crippen MR) is 140 cm³/mol. The summed E-state index contributed by atoms with van der Waals surface area (Å²) < 4.78 is 11.2. The van der Waals surface area contributed by atoms with Crippen molar-refractivity contribution in [3.63, 3.8) is 0 Å². The van der Waals surface area contributed by atoms with Crippen molar-refractivity contribution in [1.82, 2.24) is 9.80 Å². The molecule has 2 aromatic carbocycles. The van der Waals surface area contributed by atoms with Gasteiger partial charge >= 0.3 is 6.09 Å². The van der Waals surface area contributed by atoms with Crippen LogP contribution in [-0.4, -0.2) is 60.8 Å². The molecule has 3 fully saturated rings. The first-order valence-electron chi connectivity index (χ1n) is 13.5. The Morgan fingerprint density at radius 2 is 1.61 bits per heavy atom. The van der Waals surface area contributed by atoms with E-state index in [0.717, 1.165) is 68.5 Å². The van der Waals surface area contributed by atoms with E-state index in [-0.39, 0.29) is 6.09 Å². The number of fused-ring (bicyclic) bond motifs is 2. The zero-order valence-electron chi connectivity index (χ0n) is 21.5. The Hall–Kier alpha value is -3.04. The van der Waals surface area contributed by atoms with E-state index in [1.54, 1.807) is 7.11 Å². The van der Waals surface area contributed by atoms with E-state index in [4.69, 9.17) is 14.7 Å². The van der Waals surface area contributed by atoms with Gasteiger partial charge in [0.1, 0.15) is 5.75 Å². The molecule has 3 heterocycles. The molecule has 0 N–H and O–H groups in total. The Morgan fingerprint density at radius 1 is 0.944 bits per heavy atom. The third-order valence-electron chi connectivity index (χ3n) is 8.54. The van der Waals surface area contributed by atoms with E-state index < -0.39 is 0 Å². The van der Waals surface area contributed by atoms with Gasteiger partial charge < -0.3 is 19.3 Å². The lowest BCUT2D eigenvalue weighted by Gasteiger charge is -2.39. The summed E-state index contributed by atoms with van der Waals surface area (Å²) >= 11 is 0. The molecule has 190 valence electrons. The number of ether oxygens (including phenoxy) is 2. The number of hydrogen-bond donors (Lipinski definition) is 0. The lowest BCUT2D eigenvalue weighted by atomic mass is 9.85. The number of benzene rings is 2. The lowest BCUT2D eigenvalue weighted by molar-refractivity contribution is 0.0845. The molecule has 1 amide bonds. The first-order valence-corrected chi connectivity index (χ1v) is 13.5. The molecule has 0 aliphatic carbocycles. The van der Waals surface area contributed by atoms with Gasteiger partial charge in [-0.05, 0) is 112 Å². The highest BCUT2D eigenvalue weighted by atomic mass is 16.6. The van der Waals surface area contributed by atoms with Crippen molar-refractivity contribution in [1.29, 1.82) is 5.26 Å². The second-order valence-corrected chi connectivity index (χ2v) is 10.4. The smallest absolute Gasteiger partial charge is 0.410 e. The van der Waals surface area contributed by atoms with Gasteiger partial charge in [-0.15, -0.1) is 0 Å². The molecule has 0 saturated carbocycles. The Labute approximate surface area is 214 Å². The molecule has 3 atom stereocenters. The number of methoxy groups -OCH3 is 1. The molecule has 0 spiro atoms. The van der Waals surface area contributed by atoms with Crippen molar-refractivity contribution in [2.45, 2.75) is 75.9 Å². The molecule has 0 aromatic heterocycles. The van der Waals surface area contributed by atoms with Gasteiger partial charge in [-0.1, -0.05) is 18.2 Å². The summed E-state index contributed by atoms with van der Waals surface area (Å²) in [6.07, 6.45) is 7.65. The third kappa shape index (κ3) is 4.95. The maximum atomic E-state index is 12.6. The molecule has 3 aliphatic heterocycles. The Bertz CT molecular complexity index is 1100. The van der Waals surface area contributed by atoms with Crippen LogP contribution in [0.2, 0.25) is 0 Å². The summed E-state index contributed by atoms with van der Waals surface area (Å²) in [4.78, 5) is 17.3. The molecule has 6 heteroatoms. The topological polar surface area (TPSA) is 65.8 Å². The Balaban J connectivity index is 1.26. The van der Waals surface area contributed by atoms with Crippen LogP contribution in [0.3, 0.4) is 0 Å². The molecule has 3 aliphatic rings. The molecule has 0 radical (unpaired) electrons. The van der Waals surface area contributed by atoms with Gasteiger partial charge in [0.25, 0.3) is 0 Å². The van der Waals surface area contributed by atoms with Crippen LogP contribution in [0, 0.1) is 11.3 Å². The predicted octanol–water partition coefficient (Wildman–Crippen LogP) is 5.96. The Kier molecular flexibility index (Phi) is 7.48. The third-order valence-corrected chi connectivity index (χ3v) is 8.54. The van der Waals surface area contributed by atoms with E-state index in [2.05, 4.69) is 34.1 Å². The van der Waals surface area contributed by atoms with Gasteiger partial charge in [0.05, 0.1) is 25.3 Å². The van der Waals surface area contributed by atoms with Crippen LogP contribution < -0.4 is 4.74 Å². The highest BCUT2D eigenvalue weighted by Crippen LogP contribution is 2.40. The molecular formula is C30H37N3O3. The van der Waals surface area contributed by atoms with E-state index >= 15 is 0 Å². The summed E-state index contributed by atoms with van der Waals surface area (Å²) in [7, 11) is 1.76. The maximum absolute atomic E-state index is 12.6. The molecule has 3 unspecified atom stereocenters. The van der Waals surface area contributed by atoms with Crippen LogP contribution in [0.1, 0.15) is 68.9 Å². The SMILES string of the molecule is CCOC(=O)N1C2CCC(N3CCC(c4cc(-c5ccc(C#N)cc5)ccc4OC)CC3)CC1CC2. The van der Waals surface area contributed by atoms with Crippen LogP contribution >= 0.6 is 0 Å². The summed E-state index contributed by atoms with van der Waals surface area (Å²) in [5, 5.41) is 9.11. The first-order chi connectivity index (χ1) is 17.6. The minimum atomic E-state index is -0.112. The fourth-order valence-electron chi connectivity index (χ4n) is 6.67. The summed E-state index contributed by atoms with van der Waals surface area (Å²) in [5.41, 5.74) is 4.25. The van der Waals surface area contributed by atoms with Gasteiger partial charge in [0.2, 0.25) is 0 Å². The summed E-state index contributed by atoms with van der Waals surface area (Å²) in [6.45, 7) is 4.49. The van der Waals surface area contributed by atoms with E-state index in [1.165, 1.54) is 12.0 Å². The van der Waals surface area contributed by atoms with Crippen molar-refractivity contribution in [2.24, 2.45) is 0 Å². The van der Waals surface area contributed by atoms with E-state index in [9.17, 15) is 4.79 Å². The second kappa shape index (κ2) is 10.9. The van der Waals surface area contributed by atoms with Gasteiger partial charge in [-0.25, -0.2) is 4.79 Å². The van der Waals surface area contributed by atoms with E-state index in [0.29, 0.717) is 36.2 Å². The van der Waals surface area contributed by atoms with Crippen LogP contribution in [0.4, 0.5) is 4.79 Å². The van der Waals surface area contributed by atoms with Crippen LogP contribution in [0.15, 0.2) is 42.5 Å². The van der Waals surface area contributed by atoms with Crippen molar-refractivity contribution >= 4 is 6.09 Å². The highest BCUT2D eigenvalue weighted by molar-refractivity contribution is 5.69. The summed E-state index contributed by atoms with van der Waals surface area (Å²) in [5.74, 6) is 1.43. The second-order valence-electron chi connectivity index (χ2n) is 10.4. The minimum absolute atomic E-state index is 0.112.